The minimum Gasteiger partial charge on any atom is -0.384 e. The lowest BCUT2D eigenvalue weighted by Crippen LogP contribution is -2.31. The summed E-state index contributed by atoms with van der Waals surface area (Å²) in [6.45, 7) is 14.0. The Labute approximate surface area is 210 Å². The van der Waals surface area contributed by atoms with Crippen LogP contribution < -0.4 is 16.4 Å². The first-order chi connectivity index (χ1) is 16.8. The highest BCUT2D eigenvalue weighted by Crippen LogP contribution is 2.36. The largest absolute Gasteiger partial charge is 0.384 e. The second-order valence-electron chi connectivity index (χ2n) is 8.98. The van der Waals surface area contributed by atoms with E-state index in [9.17, 15) is 4.79 Å². The van der Waals surface area contributed by atoms with E-state index in [1.807, 2.05) is 4.57 Å². The average molecular weight is 483 g/mol. The zero-order valence-electron chi connectivity index (χ0n) is 21.7. The predicted octanol–water partition coefficient (Wildman–Crippen LogP) is 4.24. The summed E-state index contributed by atoms with van der Waals surface area (Å²) in [5.41, 5.74) is 7.36. The normalized spacial score (nSPS) is 14.5. The second kappa shape index (κ2) is 13.4. The van der Waals surface area contributed by atoms with Gasteiger partial charge in [-0.2, -0.15) is 0 Å². The van der Waals surface area contributed by atoms with Crippen molar-refractivity contribution >= 4 is 23.8 Å². The first kappa shape index (κ1) is 27.8. The summed E-state index contributed by atoms with van der Waals surface area (Å²) in [5.74, 6) is 2.08. The van der Waals surface area contributed by atoms with Gasteiger partial charge < -0.3 is 36.1 Å². The molecule has 9 heteroatoms. The SMILES string of the molecule is C=CC(=N/C=C(\N)NC(=C)Nc1c(C=N)cc(C(=O)N(C)C)n1C1CCCC1)N(CCC)CCC. The van der Waals surface area contributed by atoms with E-state index >= 15 is 0 Å². The molecular formula is C26H42N8O. The van der Waals surface area contributed by atoms with Crippen molar-refractivity contribution in [2.24, 2.45) is 10.7 Å². The van der Waals surface area contributed by atoms with Crippen LogP contribution in [-0.2, 0) is 0 Å². The lowest BCUT2D eigenvalue weighted by molar-refractivity contribution is 0.0815. The van der Waals surface area contributed by atoms with Gasteiger partial charge >= 0.3 is 0 Å². The van der Waals surface area contributed by atoms with Crippen molar-refractivity contribution in [1.82, 2.24) is 19.7 Å². The number of hydrogen-bond acceptors (Lipinski definition) is 6. The molecule has 1 aromatic heterocycles. The van der Waals surface area contributed by atoms with E-state index in [0.29, 0.717) is 28.7 Å². The summed E-state index contributed by atoms with van der Waals surface area (Å²) in [4.78, 5) is 21.2. The molecule has 35 heavy (non-hydrogen) atoms. The molecule has 1 fully saturated rings. The van der Waals surface area contributed by atoms with Crippen LogP contribution in [0.5, 0.6) is 0 Å². The molecular weight excluding hydrogens is 440 g/mol. The number of aromatic nitrogens is 1. The van der Waals surface area contributed by atoms with Gasteiger partial charge in [0.1, 0.15) is 29.0 Å². The molecule has 9 nitrogen and oxygen atoms in total. The number of anilines is 1. The highest BCUT2D eigenvalue weighted by atomic mass is 16.2. The topological polar surface area (TPSA) is 115 Å². The van der Waals surface area contributed by atoms with E-state index in [2.05, 4.69) is 47.5 Å². The minimum absolute atomic E-state index is 0.0963. The molecule has 0 aliphatic heterocycles. The maximum absolute atomic E-state index is 12.9. The molecule has 0 unspecified atom stereocenters. The van der Waals surface area contributed by atoms with Crippen LogP contribution >= 0.6 is 0 Å². The number of nitrogens with two attached hydrogens (primary N) is 1. The number of amidine groups is 1. The minimum atomic E-state index is -0.0963. The Morgan fingerprint density at radius 3 is 2.43 bits per heavy atom. The number of carbonyl (C=O) groups excluding carboxylic acids is 1. The highest BCUT2D eigenvalue weighted by molar-refractivity contribution is 5.98. The van der Waals surface area contributed by atoms with Crippen LogP contribution in [0.25, 0.3) is 0 Å². The summed E-state index contributed by atoms with van der Waals surface area (Å²) in [7, 11) is 3.47. The van der Waals surface area contributed by atoms with Crippen LogP contribution in [0.15, 0.2) is 48.1 Å². The molecule has 192 valence electrons. The van der Waals surface area contributed by atoms with E-state index < -0.39 is 0 Å². The highest BCUT2D eigenvalue weighted by Gasteiger charge is 2.28. The van der Waals surface area contributed by atoms with Crippen molar-refractivity contribution in [3.63, 3.8) is 0 Å². The molecule has 0 saturated heterocycles. The Morgan fingerprint density at radius 1 is 1.29 bits per heavy atom. The number of carbonyl (C=O) groups is 1. The van der Waals surface area contributed by atoms with Gasteiger partial charge in [-0.25, -0.2) is 4.99 Å². The van der Waals surface area contributed by atoms with Crippen LogP contribution in [0, 0.1) is 5.41 Å². The van der Waals surface area contributed by atoms with Crippen LogP contribution in [0.3, 0.4) is 0 Å². The van der Waals surface area contributed by atoms with Crippen molar-refractivity contribution in [2.45, 2.75) is 58.4 Å². The Kier molecular flexibility index (Phi) is 10.6. The number of nitrogens with one attached hydrogen (secondary N) is 3. The molecule has 0 radical (unpaired) electrons. The number of nitrogens with zero attached hydrogens (tertiary/aromatic N) is 4. The van der Waals surface area contributed by atoms with Crippen molar-refractivity contribution in [2.75, 3.05) is 32.5 Å². The zero-order valence-corrected chi connectivity index (χ0v) is 21.7. The van der Waals surface area contributed by atoms with E-state index in [-0.39, 0.29) is 11.9 Å². The van der Waals surface area contributed by atoms with Gasteiger partial charge in [-0.1, -0.05) is 39.8 Å². The van der Waals surface area contributed by atoms with Gasteiger partial charge in [0.05, 0.1) is 6.20 Å². The summed E-state index contributed by atoms with van der Waals surface area (Å²) in [5, 5.41) is 14.2. The van der Waals surface area contributed by atoms with Crippen molar-refractivity contribution in [3.8, 4) is 0 Å². The summed E-state index contributed by atoms with van der Waals surface area (Å²) < 4.78 is 2.02. The van der Waals surface area contributed by atoms with Gasteiger partial charge in [0.2, 0.25) is 0 Å². The van der Waals surface area contributed by atoms with Crippen LogP contribution in [-0.4, -0.2) is 59.5 Å². The molecule has 1 saturated carbocycles. The van der Waals surface area contributed by atoms with Gasteiger partial charge in [-0.05, 0) is 37.8 Å². The molecule has 0 bridgehead atoms. The van der Waals surface area contributed by atoms with Gasteiger partial charge in [0.25, 0.3) is 5.91 Å². The van der Waals surface area contributed by atoms with Crippen LogP contribution in [0.4, 0.5) is 5.82 Å². The molecule has 1 aromatic rings. The maximum Gasteiger partial charge on any atom is 0.270 e. The average Bonchev–Trinajstić information content (AvgIpc) is 3.46. The zero-order chi connectivity index (χ0) is 26.0. The summed E-state index contributed by atoms with van der Waals surface area (Å²) >= 11 is 0. The molecule has 1 aliphatic rings. The number of rotatable bonds is 13. The molecule has 1 amide bonds. The molecule has 0 aromatic carbocycles. The maximum atomic E-state index is 12.9. The number of amides is 1. The number of aliphatic imine (C=N–C) groups is 1. The predicted molar refractivity (Wildman–Crippen MR) is 146 cm³/mol. The summed E-state index contributed by atoms with van der Waals surface area (Å²) in [6.07, 6.45) is 10.8. The standard InChI is InChI=1S/C26H42N8O/c1-7-14-33(15-8-2)24(9-3)29-18-23(28)30-19(4)31-25-20(17-27)16-22(26(35)32(5)6)34(25)21-12-10-11-13-21/h9,16-18,21,27,30-31H,3-4,7-8,10-15,28H2,1-2,5-6H3/b23-18+,27-17?,29-24?. The fourth-order valence-corrected chi connectivity index (χ4v) is 4.38. The van der Waals surface area contributed by atoms with Crippen LogP contribution in [0.1, 0.15) is 74.5 Å². The monoisotopic (exact) mass is 482 g/mol. The smallest absolute Gasteiger partial charge is 0.270 e. The van der Waals surface area contributed by atoms with Crippen molar-refractivity contribution in [1.29, 1.82) is 5.41 Å². The fourth-order valence-electron chi connectivity index (χ4n) is 4.38. The number of hydrogen-bond donors (Lipinski definition) is 4. The van der Waals surface area contributed by atoms with E-state index in [1.165, 1.54) is 6.21 Å². The van der Waals surface area contributed by atoms with Crippen molar-refractivity contribution in [3.05, 3.63) is 54.4 Å². The second-order valence-corrected chi connectivity index (χ2v) is 8.98. The van der Waals surface area contributed by atoms with Crippen molar-refractivity contribution < 1.29 is 4.79 Å². The van der Waals surface area contributed by atoms with Gasteiger partial charge in [0.15, 0.2) is 0 Å². The molecule has 2 rings (SSSR count). The lowest BCUT2D eigenvalue weighted by atomic mass is 10.2. The van der Waals surface area contributed by atoms with Gasteiger partial charge in [-0.3, -0.25) is 4.79 Å². The Hall–Kier alpha value is -3.49. The van der Waals surface area contributed by atoms with Crippen LogP contribution in [0.2, 0.25) is 0 Å². The first-order valence-corrected chi connectivity index (χ1v) is 12.4. The first-order valence-electron chi connectivity index (χ1n) is 12.4. The molecule has 0 atom stereocenters. The van der Waals surface area contributed by atoms with Gasteiger partial charge in [-0.15, -0.1) is 0 Å². The fraction of sp³-hybridized carbons (Fsp3) is 0.500. The Bertz CT molecular complexity index is 960. The Balaban J connectivity index is 2.27. The third-order valence-corrected chi connectivity index (χ3v) is 5.93. The Morgan fingerprint density at radius 2 is 1.91 bits per heavy atom. The third kappa shape index (κ3) is 7.24. The quantitative estimate of drug-likeness (QED) is 0.248. The van der Waals surface area contributed by atoms with E-state index in [0.717, 1.165) is 57.5 Å². The molecule has 0 spiro atoms. The molecule has 1 aliphatic carbocycles. The van der Waals surface area contributed by atoms with E-state index in [1.54, 1.807) is 37.3 Å². The molecule has 5 N–H and O–H groups in total. The third-order valence-electron chi connectivity index (χ3n) is 5.93. The summed E-state index contributed by atoms with van der Waals surface area (Å²) in [6, 6.07) is 1.95. The lowest BCUT2D eigenvalue weighted by Gasteiger charge is -2.23. The van der Waals surface area contributed by atoms with Gasteiger partial charge in [0, 0.05) is 45.0 Å². The molecule has 1 heterocycles. The van der Waals surface area contributed by atoms with E-state index in [4.69, 9.17) is 11.1 Å².